The summed E-state index contributed by atoms with van der Waals surface area (Å²) in [7, 11) is 0. The molecular weight excluding hydrogens is 412 g/mol. The topological polar surface area (TPSA) is 58.4 Å². The van der Waals surface area contributed by atoms with Gasteiger partial charge in [-0.15, -0.1) is 0 Å². The molecule has 1 aromatic heterocycles. The molecule has 2 aromatic carbocycles. The molecule has 4 rings (SSSR count). The standard InChI is InChI=1S/C22H20ClF2N3O2/c1-13-19(21(27-30-13)20-17(23)3-2-4-18(20)25)22(29)28-11-9-16(10-12-28)26-15-7-5-14(24)6-8-15/h2-8,16,26H,9-12H2,1H3. The summed E-state index contributed by atoms with van der Waals surface area (Å²) in [5.41, 5.74) is 1.25. The average molecular weight is 432 g/mol. The fourth-order valence-electron chi connectivity index (χ4n) is 3.69. The van der Waals surface area contributed by atoms with Crippen molar-refractivity contribution < 1.29 is 18.1 Å². The highest BCUT2D eigenvalue weighted by atomic mass is 35.5. The maximum absolute atomic E-state index is 14.4. The fourth-order valence-corrected chi connectivity index (χ4v) is 3.94. The zero-order valence-corrected chi connectivity index (χ0v) is 17.0. The Morgan fingerprint density at radius 1 is 1.17 bits per heavy atom. The quantitative estimate of drug-likeness (QED) is 0.609. The Morgan fingerprint density at radius 2 is 1.87 bits per heavy atom. The number of anilines is 1. The van der Waals surface area contributed by atoms with Crippen molar-refractivity contribution in [3.05, 3.63) is 70.4 Å². The van der Waals surface area contributed by atoms with E-state index >= 15 is 0 Å². The zero-order valence-electron chi connectivity index (χ0n) is 16.3. The fraction of sp³-hybridized carbons (Fsp3) is 0.273. The predicted molar refractivity (Wildman–Crippen MR) is 111 cm³/mol. The second-order valence-corrected chi connectivity index (χ2v) is 7.68. The number of carbonyl (C=O) groups is 1. The Labute approximate surface area is 177 Å². The van der Waals surface area contributed by atoms with E-state index in [1.165, 1.54) is 24.3 Å². The minimum Gasteiger partial charge on any atom is -0.382 e. The van der Waals surface area contributed by atoms with Gasteiger partial charge in [0, 0.05) is 24.8 Å². The molecule has 1 fully saturated rings. The molecule has 3 aromatic rings. The molecule has 0 atom stereocenters. The zero-order chi connectivity index (χ0) is 21.3. The average Bonchev–Trinajstić information content (AvgIpc) is 3.10. The molecule has 1 saturated heterocycles. The van der Waals surface area contributed by atoms with Gasteiger partial charge in [-0.3, -0.25) is 4.79 Å². The van der Waals surface area contributed by atoms with Gasteiger partial charge in [-0.1, -0.05) is 22.8 Å². The lowest BCUT2D eigenvalue weighted by atomic mass is 10.0. The van der Waals surface area contributed by atoms with Crippen LogP contribution in [-0.2, 0) is 0 Å². The van der Waals surface area contributed by atoms with Crippen LogP contribution < -0.4 is 5.32 Å². The lowest BCUT2D eigenvalue weighted by Gasteiger charge is -2.33. The van der Waals surface area contributed by atoms with E-state index in [1.54, 1.807) is 30.0 Å². The number of benzene rings is 2. The maximum atomic E-state index is 14.4. The second-order valence-electron chi connectivity index (χ2n) is 7.28. The number of likely N-dealkylation sites (tertiary alicyclic amines) is 1. The number of piperidine rings is 1. The molecule has 0 spiro atoms. The summed E-state index contributed by atoms with van der Waals surface area (Å²) in [6, 6.07) is 10.7. The van der Waals surface area contributed by atoms with E-state index in [1.807, 2.05) is 0 Å². The van der Waals surface area contributed by atoms with Crippen molar-refractivity contribution >= 4 is 23.2 Å². The van der Waals surface area contributed by atoms with Gasteiger partial charge >= 0.3 is 0 Å². The summed E-state index contributed by atoms with van der Waals surface area (Å²) in [5, 5.41) is 7.44. The molecule has 0 bridgehead atoms. The first-order valence-corrected chi connectivity index (χ1v) is 10.0. The summed E-state index contributed by atoms with van der Waals surface area (Å²) < 4.78 is 32.7. The van der Waals surface area contributed by atoms with Crippen molar-refractivity contribution in [2.24, 2.45) is 0 Å². The molecular formula is C22H20ClF2N3O2. The number of nitrogens with zero attached hydrogens (tertiary/aromatic N) is 2. The van der Waals surface area contributed by atoms with Gasteiger partial charge in [0.1, 0.15) is 28.7 Å². The van der Waals surface area contributed by atoms with Gasteiger partial charge < -0.3 is 14.7 Å². The van der Waals surface area contributed by atoms with Crippen LogP contribution in [0.15, 0.2) is 47.0 Å². The minimum atomic E-state index is -0.563. The number of hydrogen-bond acceptors (Lipinski definition) is 4. The van der Waals surface area contributed by atoms with Crippen LogP contribution >= 0.6 is 11.6 Å². The molecule has 1 aliphatic heterocycles. The molecule has 30 heavy (non-hydrogen) atoms. The molecule has 0 aliphatic carbocycles. The van der Waals surface area contributed by atoms with E-state index in [9.17, 15) is 13.6 Å². The summed E-state index contributed by atoms with van der Waals surface area (Å²) in [6.45, 7) is 2.67. The molecule has 1 aliphatic rings. The molecule has 2 heterocycles. The summed E-state index contributed by atoms with van der Waals surface area (Å²) >= 11 is 6.16. The van der Waals surface area contributed by atoms with Crippen LogP contribution in [0, 0.1) is 18.6 Å². The SMILES string of the molecule is Cc1onc(-c2c(F)cccc2Cl)c1C(=O)N1CCC(Nc2ccc(F)cc2)CC1. The van der Waals surface area contributed by atoms with Gasteiger partial charge in [0.15, 0.2) is 0 Å². The van der Waals surface area contributed by atoms with Crippen molar-refractivity contribution in [1.82, 2.24) is 10.1 Å². The summed E-state index contributed by atoms with van der Waals surface area (Å²) in [5.74, 6) is -0.785. The predicted octanol–water partition coefficient (Wildman–Crippen LogP) is 5.30. The normalized spacial score (nSPS) is 14.7. The van der Waals surface area contributed by atoms with Gasteiger partial charge in [0.25, 0.3) is 5.91 Å². The Kier molecular flexibility index (Phi) is 5.72. The Balaban J connectivity index is 1.49. The van der Waals surface area contributed by atoms with Crippen LogP contribution in [0.3, 0.4) is 0 Å². The first-order valence-electron chi connectivity index (χ1n) is 9.66. The van der Waals surface area contributed by atoms with Crippen molar-refractivity contribution in [1.29, 1.82) is 0 Å². The van der Waals surface area contributed by atoms with E-state index in [0.717, 1.165) is 18.5 Å². The molecule has 0 saturated carbocycles. The third-order valence-corrected chi connectivity index (χ3v) is 5.59. The van der Waals surface area contributed by atoms with Crippen LogP contribution in [-0.4, -0.2) is 35.1 Å². The van der Waals surface area contributed by atoms with E-state index in [2.05, 4.69) is 10.5 Å². The highest BCUT2D eigenvalue weighted by molar-refractivity contribution is 6.33. The molecule has 1 N–H and O–H groups in total. The lowest BCUT2D eigenvalue weighted by Crippen LogP contribution is -2.42. The van der Waals surface area contributed by atoms with Crippen molar-refractivity contribution in [3.8, 4) is 11.3 Å². The third kappa shape index (κ3) is 4.03. The van der Waals surface area contributed by atoms with E-state index < -0.39 is 5.82 Å². The second kappa shape index (κ2) is 8.44. The monoisotopic (exact) mass is 431 g/mol. The number of aryl methyl sites for hydroxylation is 1. The van der Waals surface area contributed by atoms with Crippen LogP contribution in [0.2, 0.25) is 5.02 Å². The van der Waals surface area contributed by atoms with Crippen molar-refractivity contribution in [2.45, 2.75) is 25.8 Å². The Morgan fingerprint density at radius 3 is 2.53 bits per heavy atom. The van der Waals surface area contributed by atoms with E-state index in [0.29, 0.717) is 18.8 Å². The van der Waals surface area contributed by atoms with E-state index in [4.69, 9.17) is 16.1 Å². The van der Waals surface area contributed by atoms with Crippen LogP contribution in [0.5, 0.6) is 0 Å². The number of carbonyl (C=O) groups excluding carboxylic acids is 1. The first-order chi connectivity index (χ1) is 14.4. The van der Waals surface area contributed by atoms with Crippen LogP contribution in [0.25, 0.3) is 11.3 Å². The van der Waals surface area contributed by atoms with Gasteiger partial charge in [-0.25, -0.2) is 8.78 Å². The summed E-state index contributed by atoms with van der Waals surface area (Å²) in [4.78, 5) is 14.9. The molecule has 0 unspecified atom stereocenters. The highest BCUT2D eigenvalue weighted by Gasteiger charge is 2.31. The highest BCUT2D eigenvalue weighted by Crippen LogP contribution is 2.34. The molecule has 156 valence electrons. The number of aromatic nitrogens is 1. The molecule has 5 nitrogen and oxygen atoms in total. The Hall–Kier alpha value is -2.93. The number of hydrogen-bond donors (Lipinski definition) is 1. The number of amides is 1. The minimum absolute atomic E-state index is 0.0622. The van der Waals surface area contributed by atoms with Crippen molar-refractivity contribution in [3.63, 3.8) is 0 Å². The largest absolute Gasteiger partial charge is 0.382 e. The molecule has 8 heteroatoms. The van der Waals surface area contributed by atoms with Gasteiger partial charge in [0.2, 0.25) is 0 Å². The van der Waals surface area contributed by atoms with Crippen LogP contribution in [0.1, 0.15) is 29.0 Å². The first kappa shape index (κ1) is 20.3. The number of halogens is 3. The number of rotatable bonds is 4. The van der Waals surface area contributed by atoms with Gasteiger partial charge in [-0.05, 0) is 56.2 Å². The molecule has 0 radical (unpaired) electrons. The third-order valence-electron chi connectivity index (χ3n) is 5.27. The Bertz CT molecular complexity index is 1040. The van der Waals surface area contributed by atoms with Crippen molar-refractivity contribution in [2.75, 3.05) is 18.4 Å². The smallest absolute Gasteiger partial charge is 0.259 e. The molecule has 1 amide bonds. The number of nitrogens with one attached hydrogen (secondary N) is 1. The summed E-state index contributed by atoms with van der Waals surface area (Å²) in [6.07, 6.45) is 1.45. The van der Waals surface area contributed by atoms with Crippen LogP contribution in [0.4, 0.5) is 14.5 Å². The maximum Gasteiger partial charge on any atom is 0.259 e. The van der Waals surface area contributed by atoms with Gasteiger partial charge in [-0.2, -0.15) is 0 Å². The lowest BCUT2D eigenvalue weighted by molar-refractivity contribution is 0.0717. The van der Waals surface area contributed by atoms with E-state index in [-0.39, 0.29) is 39.6 Å². The van der Waals surface area contributed by atoms with Gasteiger partial charge in [0.05, 0.1) is 10.6 Å².